The highest BCUT2D eigenvalue weighted by molar-refractivity contribution is 7.80. The lowest BCUT2D eigenvalue weighted by Gasteiger charge is -2.35. The second-order valence-electron chi connectivity index (χ2n) is 8.36. The van der Waals surface area contributed by atoms with Crippen LogP contribution in [0.15, 0.2) is 60.7 Å². The monoisotopic (exact) mass is 393 g/mol. The molecule has 0 bridgehead atoms. The van der Waals surface area contributed by atoms with E-state index in [1.807, 2.05) is 6.07 Å². The summed E-state index contributed by atoms with van der Waals surface area (Å²) in [7, 11) is 0. The Hall–Kier alpha value is -2.17. The third-order valence-corrected chi connectivity index (χ3v) is 5.50. The minimum absolute atomic E-state index is 0.171. The van der Waals surface area contributed by atoms with Crippen LogP contribution in [0.5, 0.6) is 0 Å². The van der Waals surface area contributed by atoms with Crippen LogP contribution in [0, 0.1) is 0 Å². The van der Waals surface area contributed by atoms with Gasteiger partial charge in [-0.1, -0.05) is 75.4 Å². The molecule has 1 aliphatic heterocycles. The van der Waals surface area contributed by atoms with E-state index >= 15 is 0 Å². The van der Waals surface area contributed by atoms with E-state index in [4.69, 9.17) is 12.2 Å². The molecule has 3 nitrogen and oxygen atoms in total. The van der Waals surface area contributed by atoms with Crippen LogP contribution in [0.4, 0.5) is 5.69 Å². The summed E-state index contributed by atoms with van der Waals surface area (Å²) in [5, 5.41) is 4.22. The third kappa shape index (κ3) is 5.91. The Morgan fingerprint density at radius 2 is 1.61 bits per heavy atom. The van der Waals surface area contributed by atoms with Crippen molar-refractivity contribution in [1.29, 1.82) is 0 Å². The predicted molar refractivity (Wildman–Crippen MR) is 125 cm³/mol. The lowest BCUT2D eigenvalue weighted by molar-refractivity contribution is 0.200. The normalized spacial score (nSPS) is 15.8. The summed E-state index contributed by atoms with van der Waals surface area (Å²) in [6.07, 6.45) is 4.44. The van der Waals surface area contributed by atoms with E-state index in [0.717, 1.165) is 43.5 Å². The van der Waals surface area contributed by atoms with Crippen LogP contribution in [0.2, 0.25) is 0 Å². The highest BCUT2D eigenvalue weighted by Gasteiger charge is 2.18. The van der Waals surface area contributed by atoms with Crippen molar-refractivity contribution in [3.63, 3.8) is 0 Å². The fraction of sp³-hybridized carbons (Fsp3) is 0.375. The summed E-state index contributed by atoms with van der Waals surface area (Å²) < 4.78 is 0. The van der Waals surface area contributed by atoms with Gasteiger partial charge in [0.15, 0.2) is 5.11 Å². The molecule has 0 aromatic heterocycles. The number of nitrogens with zero attached hydrogens (tertiary/aromatic N) is 2. The van der Waals surface area contributed by atoms with Gasteiger partial charge in [0.05, 0.1) is 0 Å². The van der Waals surface area contributed by atoms with E-state index in [9.17, 15) is 0 Å². The van der Waals surface area contributed by atoms with Crippen LogP contribution >= 0.6 is 12.2 Å². The van der Waals surface area contributed by atoms with Crippen LogP contribution in [0.25, 0.3) is 6.08 Å². The number of hydrogen-bond donors (Lipinski definition) is 1. The summed E-state index contributed by atoms with van der Waals surface area (Å²) >= 11 is 5.63. The van der Waals surface area contributed by atoms with E-state index in [1.165, 1.54) is 11.1 Å². The molecule has 1 aliphatic rings. The van der Waals surface area contributed by atoms with E-state index in [2.05, 4.69) is 96.6 Å². The molecule has 4 heteroatoms. The molecular formula is C24H31N3S. The van der Waals surface area contributed by atoms with E-state index in [0.29, 0.717) is 0 Å². The zero-order valence-corrected chi connectivity index (χ0v) is 18.0. The molecule has 0 saturated carbocycles. The van der Waals surface area contributed by atoms with Crippen LogP contribution < -0.4 is 5.32 Å². The van der Waals surface area contributed by atoms with Gasteiger partial charge >= 0.3 is 0 Å². The molecule has 0 atom stereocenters. The Morgan fingerprint density at radius 1 is 0.964 bits per heavy atom. The summed E-state index contributed by atoms with van der Waals surface area (Å²) in [6, 6.07) is 19.1. The first-order valence-electron chi connectivity index (χ1n) is 10.0. The van der Waals surface area contributed by atoms with Gasteiger partial charge in [0.1, 0.15) is 0 Å². The van der Waals surface area contributed by atoms with Gasteiger partial charge in [-0.3, -0.25) is 4.90 Å². The Morgan fingerprint density at radius 3 is 2.21 bits per heavy atom. The van der Waals surface area contributed by atoms with E-state index in [-0.39, 0.29) is 5.41 Å². The van der Waals surface area contributed by atoms with Crippen molar-refractivity contribution in [2.75, 3.05) is 38.0 Å². The number of rotatable bonds is 4. The molecule has 3 rings (SSSR count). The number of benzene rings is 2. The molecule has 0 aliphatic carbocycles. The minimum atomic E-state index is 0.171. The van der Waals surface area contributed by atoms with E-state index in [1.54, 1.807) is 0 Å². The second-order valence-corrected chi connectivity index (χ2v) is 8.74. The van der Waals surface area contributed by atoms with Crippen LogP contribution in [0.1, 0.15) is 31.9 Å². The molecule has 1 saturated heterocycles. The first kappa shape index (κ1) is 20.6. The molecular weight excluding hydrogens is 362 g/mol. The average Bonchev–Trinajstić information content (AvgIpc) is 2.69. The largest absolute Gasteiger partial charge is 0.346 e. The molecule has 0 spiro atoms. The lowest BCUT2D eigenvalue weighted by Crippen LogP contribution is -2.49. The Bertz CT molecular complexity index is 783. The van der Waals surface area contributed by atoms with Gasteiger partial charge < -0.3 is 10.2 Å². The number of thiocarbonyl (C=S) groups is 1. The molecule has 28 heavy (non-hydrogen) atoms. The van der Waals surface area contributed by atoms with Crippen molar-refractivity contribution < 1.29 is 0 Å². The number of hydrogen-bond acceptors (Lipinski definition) is 2. The fourth-order valence-corrected chi connectivity index (χ4v) is 3.59. The van der Waals surface area contributed by atoms with Gasteiger partial charge in [-0.25, -0.2) is 0 Å². The van der Waals surface area contributed by atoms with Gasteiger partial charge in [0.2, 0.25) is 0 Å². The summed E-state index contributed by atoms with van der Waals surface area (Å²) in [5.41, 5.74) is 3.82. The smallest absolute Gasteiger partial charge is 0.173 e. The highest BCUT2D eigenvalue weighted by Crippen LogP contribution is 2.23. The number of nitrogens with one attached hydrogen (secondary N) is 1. The minimum Gasteiger partial charge on any atom is -0.346 e. The second kappa shape index (κ2) is 9.35. The number of anilines is 1. The van der Waals surface area contributed by atoms with Crippen molar-refractivity contribution in [1.82, 2.24) is 9.80 Å². The van der Waals surface area contributed by atoms with Crippen molar-refractivity contribution >= 4 is 29.1 Å². The quantitative estimate of drug-likeness (QED) is 0.736. The Labute approximate surface area is 175 Å². The summed E-state index contributed by atoms with van der Waals surface area (Å²) in [4.78, 5) is 4.74. The molecule has 0 radical (unpaired) electrons. The fourth-order valence-electron chi connectivity index (χ4n) is 3.29. The van der Waals surface area contributed by atoms with Gasteiger partial charge in [0, 0.05) is 38.4 Å². The first-order valence-corrected chi connectivity index (χ1v) is 10.4. The molecule has 148 valence electrons. The molecule has 1 N–H and O–H groups in total. The zero-order valence-electron chi connectivity index (χ0n) is 17.2. The Balaban J connectivity index is 1.44. The maximum absolute atomic E-state index is 5.63. The topological polar surface area (TPSA) is 18.5 Å². The predicted octanol–water partition coefficient (Wildman–Crippen LogP) is 5.01. The van der Waals surface area contributed by atoms with Crippen molar-refractivity contribution in [2.24, 2.45) is 0 Å². The lowest BCUT2D eigenvalue weighted by atomic mass is 9.87. The van der Waals surface area contributed by atoms with Gasteiger partial charge in [0.25, 0.3) is 0 Å². The van der Waals surface area contributed by atoms with Crippen molar-refractivity contribution in [2.45, 2.75) is 26.2 Å². The average molecular weight is 394 g/mol. The SMILES string of the molecule is CC(C)(C)c1ccc(NC(=S)N2CCN(C/C=C\c3ccccc3)CC2)cc1. The molecule has 2 aromatic rings. The zero-order chi connectivity index (χ0) is 20.0. The summed E-state index contributed by atoms with van der Waals surface area (Å²) in [5.74, 6) is 0. The van der Waals surface area contributed by atoms with Crippen LogP contribution in [-0.4, -0.2) is 47.6 Å². The standard InChI is InChI=1S/C24H31N3S/c1-24(2,3)21-11-13-22(14-12-21)25-23(28)27-18-16-26(17-19-27)15-7-10-20-8-5-4-6-9-20/h4-14H,15-19H2,1-3H3,(H,25,28)/b10-7-. The summed E-state index contributed by atoms with van der Waals surface area (Å²) in [6.45, 7) is 11.7. The Kier molecular flexibility index (Phi) is 6.87. The van der Waals surface area contributed by atoms with Gasteiger partial charge in [-0.2, -0.15) is 0 Å². The third-order valence-electron chi connectivity index (χ3n) is 5.14. The highest BCUT2D eigenvalue weighted by atomic mass is 32.1. The maximum atomic E-state index is 5.63. The number of piperazine rings is 1. The van der Waals surface area contributed by atoms with Crippen LogP contribution in [0.3, 0.4) is 0 Å². The first-order chi connectivity index (χ1) is 13.4. The molecule has 1 heterocycles. The molecule has 1 fully saturated rings. The van der Waals surface area contributed by atoms with Gasteiger partial charge in [-0.05, 0) is 40.9 Å². The molecule has 0 unspecified atom stereocenters. The maximum Gasteiger partial charge on any atom is 0.173 e. The molecule has 2 aromatic carbocycles. The van der Waals surface area contributed by atoms with Crippen LogP contribution in [-0.2, 0) is 5.41 Å². The van der Waals surface area contributed by atoms with E-state index < -0.39 is 0 Å². The van der Waals surface area contributed by atoms with Crippen molar-refractivity contribution in [3.8, 4) is 0 Å². The molecule has 0 amide bonds. The van der Waals surface area contributed by atoms with Gasteiger partial charge in [-0.15, -0.1) is 0 Å². The van der Waals surface area contributed by atoms with Crippen molar-refractivity contribution in [3.05, 3.63) is 71.8 Å².